The first-order valence-corrected chi connectivity index (χ1v) is 8.93. The lowest BCUT2D eigenvalue weighted by Crippen LogP contribution is -2.43. The molecule has 0 amide bonds. The van der Waals surface area contributed by atoms with Gasteiger partial charge in [-0.1, -0.05) is 0 Å². The van der Waals surface area contributed by atoms with Crippen LogP contribution in [0.1, 0.15) is 48.5 Å². The minimum Gasteiger partial charge on any atom is -0.398 e. The highest BCUT2D eigenvalue weighted by molar-refractivity contribution is 7.89. The third-order valence-corrected chi connectivity index (χ3v) is 5.47. The molecule has 0 aliphatic carbocycles. The lowest BCUT2D eigenvalue weighted by molar-refractivity contribution is 0.00578. The van der Waals surface area contributed by atoms with E-state index in [2.05, 4.69) is 14.7 Å². The standard InChI is InChI=1S/C14H24BN3O4S/c1-12(2,3)18-23(19,20)11-9-16-8-10(17-11)15-21-13(4,5)14(6,7)22-15/h8-9,18H,1-7H3. The molecule has 1 aliphatic heterocycles. The fraction of sp³-hybridized carbons (Fsp3) is 0.714. The number of sulfonamides is 1. The van der Waals surface area contributed by atoms with Crippen molar-refractivity contribution in [1.82, 2.24) is 14.7 Å². The van der Waals surface area contributed by atoms with Crippen LogP contribution in [0.3, 0.4) is 0 Å². The van der Waals surface area contributed by atoms with Gasteiger partial charge in [0.2, 0.25) is 0 Å². The molecule has 0 bridgehead atoms. The second-order valence-electron chi connectivity index (χ2n) is 7.73. The van der Waals surface area contributed by atoms with E-state index in [0.717, 1.165) is 0 Å². The van der Waals surface area contributed by atoms with Crippen molar-refractivity contribution in [3.63, 3.8) is 0 Å². The summed E-state index contributed by atoms with van der Waals surface area (Å²) >= 11 is 0. The van der Waals surface area contributed by atoms with Gasteiger partial charge in [0.15, 0.2) is 5.03 Å². The molecule has 1 aromatic rings. The molecule has 0 spiro atoms. The number of aromatic nitrogens is 2. The molecule has 7 nitrogen and oxygen atoms in total. The number of rotatable bonds is 3. The third kappa shape index (κ3) is 3.91. The van der Waals surface area contributed by atoms with Gasteiger partial charge in [-0.2, -0.15) is 0 Å². The van der Waals surface area contributed by atoms with Crippen molar-refractivity contribution in [3.8, 4) is 0 Å². The normalized spacial score (nSPS) is 20.7. The second kappa shape index (κ2) is 5.51. The fourth-order valence-corrected chi connectivity index (χ4v) is 3.36. The van der Waals surface area contributed by atoms with Crippen molar-refractivity contribution >= 4 is 22.7 Å². The van der Waals surface area contributed by atoms with Crippen molar-refractivity contribution in [2.24, 2.45) is 0 Å². The van der Waals surface area contributed by atoms with Crippen LogP contribution in [0, 0.1) is 0 Å². The molecule has 1 saturated heterocycles. The summed E-state index contributed by atoms with van der Waals surface area (Å²) < 4.78 is 39.1. The maximum atomic E-state index is 12.4. The highest BCUT2D eigenvalue weighted by Gasteiger charge is 2.52. The van der Waals surface area contributed by atoms with Crippen LogP contribution < -0.4 is 10.3 Å². The van der Waals surface area contributed by atoms with Crippen molar-refractivity contribution in [2.45, 2.75) is 70.2 Å². The van der Waals surface area contributed by atoms with E-state index >= 15 is 0 Å². The van der Waals surface area contributed by atoms with Crippen LogP contribution in [0.4, 0.5) is 0 Å². The number of hydrogen-bond acceptors (Lipinski definition) is 6. The van der Waals surface area contributed by atoms with Crippen LogP contribution in [0.15, 0.2) is 17.4 Å². The minimum absolute atomic E-state index is 0.153. The molecule has 23 heavy (non-hydrogen) atoms. The molecule has 1 N–H and O–H groups in total. The lowest BCUT2D eigenvalue weighted by Gasteiger charge is -2.32. The van der Waals surface area contributed by atoms with E-state index in [9.17, 15) is 8.42 Å². The van der Waals surface area contributed by atoms with Crippen LogP contribution in [-0.2, 0) is 19.3 Å². The summed E-state index contributed by atoms with van der Waals surface area (Å²) in [6.07, 6.45) is 2.67. The summed E-state index contributed by atoms with van der Waals surface area (Å²) in [7, 11) is -4.51. The van der Waals surface area contributed by atoms with Crippen LogP contribution >= 0.6 is 0 Å². The molecular formula is C14H24BN3O4S. The van der Waals surface area contributed by atoms with Gasteiger partial charge < -0.3 is 9.31 Å². The number of nitrogens with one attached hydrogen (secondary N) is 1. The molecule has 9 heteroatoms. The molecule has 2 rings (SSSR count). The molecule has 0 atom stereocenters. The van der Waals surface area contributed by atoms with Crippen LogP contribution in [0.5, 0.6) is 0 Å². The summed E-state index contributed by atoms with van der Waals surface area (Å²) in [6.45, 7) is 13.0. The second-order valence-corrected chi connectivity index (χ2v) is 9.36. The molecule has 2 heterocycles. The summed E-state index contributed by atoms with van der Waals surface area (Å²) in [4.78, 5) is 8.16. The summed E-state index contributed by atoms with van der Waals surface area (Å²) in [5, 5.41) is -0.153. The fourth-order valence-electron chi connectivity index (χ4n) is 2.02. The predicted octanol–water partition coefficient (Wildman–Crippen LogP) is 0.853. The zero-order valence-electron chi connectivity index (χ0n) is 14.7. The SMILES string of the molecule is CC(C)(C)NS(=O)(=O)c1cncc(B2OC(C)(C)C(C)(C)O2)n1. The van der Waals surface area contributed by atoms with E-state index in [1.54, 1.807) is 20.8 Å². The maximum absolute atomic E-state index is 12.4. The van der Waals surface area contributed by atoms with Crippen molar-refractivity contribution in [3.05, 3.63) is 12.4 Å². The molecule has 128 valence electrons. The van der Waals surface area contributed by atoms with Gasteiger partial charge in [0.05, 0.1) is 23.0 Å². The predicted molar refractivity (Wildman–Crippen MR) is 87.8 cm³/mol. The molecule has 0 unspecified atom stereocenters. The molecule has 0 aromatic carbocycles. The Labute approximate surface area is 138 Å². The van der Waals surface area contributed by atoms with E-state index in [4.69, 9.17) is 9.31 Å². The van der Waals surface area contributed by atoms with Gasteiger partial charge in [-0.25, -0.2) is 18.1 Å². The third-order valence-electron chi connectivity index (χ3n) is 3.84. The Bertz CT molecular complexity index is 682. The Balaban J connectivity index is 2.32. The van der Waals surface area contributed by atoms with Crippen molar-refractivity contribution in [2.75, 3.05) is 0 Å². The zero-order valence-corrected chi connectivity index (χ0v) is 15.5. The van der Waals surface area contributed by atoms with E-state index in [-0.39, 0.29) is 5.03 Å². The van der Waals surface area contributed by atoms with E-state index in [1.165, 1.54) is 12.4 Å². The molecular weight excluding hydrogens is 317 g/mol. The highest BCUT2D eigenvalue weighted by atomic mass is 32.2. The molecule has 0 radical (unpaired) electrons. The highest BCUT2D eigenvalue weighted by Crippen LogP contribution is 2.36. The van der Waals surface area contributed by atoms with Gasteiger partial charge in [0.25, 0.3) is 10.0 Å². The maximum Gasteiger partial charge on any atom is 0.516 e. The van der Waals surface area contributed by atoms with Crippen LogP contribution in [0.2, 0.25) is 0 Å². The largest absolute Gasteiger partial charge is 0.516 e. The van der Waals surface area contributed by atoms with Gasteiger partial charge in [-0.15, -0.1) is 0 Å². The first kappa shape index (κ1) is 18.3. The summed E-state index contributed by atoms with van der Waals surface area (Å²) in [6, 6.07) is 0. The Kier molecular flexibility index (Phi) is 4.39. The molecule has 1 fully saturated rings. The van der Waals surface area contributed by atoms with E-state index in [0.29, 0.717) is 5.59 Å². The summed E-state index contributed by atoms with van der Waals surface area (Å²) in [5.41, 5.74) is -1.34. The van der Waals surface area contributed by atoms with Gasteiger partial charge in [-0.3, -0.25) is 4.98 Å². The van der Waals surface area contributed by atoms with Crippen LogP contribution in [0.25, 0.3) is 0 Å². The Morgan fingerprint density at radius 2 is 1.61 bits per heavy atom. The minimum atomic E-state index is -3.76. The average molecular weight is 341 g/mol. The topological polar surface area (TPSA) is 90.4 Å². The van der Waals surface area contributed by atoms with Gasteiger partial charge in [0.1, 0.15) is 0 Å². The average Bonchev–Trinajstić information content (AvgIpc) is 2.56. The van der Waals surface area contributed by atoms with E-state index in [1.807, 2.05) is 27.7 Å². The van der Waals surface area contributed by atoms with Gasteiger partial charge in [-0.05, 0) is 48.5 Å². The molecule has 0 saturated carbocycles. The number of hydrogen-bond donors (Lipinski definition) is 1. The smallest absolute Gasteiger partial charge is 0.398 e. The first-order chi connectivity index (χ1) is 10.2. The Hall–Kier alpha value is -1.03. The first-order valence-electron chi connectivity index (χ1n) is 7.45. The van der Waals surface area contributed by atoms with Crippen molar-refractivity contribution in [1.29, 1.82) is 0 Å². The quantitative estimate of drug-likeness (QED) is 0.820. The van der Waals surface area contributed by atoms with Crippen molar-refractivity contribution < 1.29 is 17.7 Å². The van der Waals surface area contributed by atoms with E-state index < -0.39 is 33.9 Å². The van der Waals surface area contributed by atoms with Gasteiger partial charge in [0, 0.05) is 11.7 Å². The number of nitrogens with zero attached hydrogens (tertiary/aromatic N) is 2. The monoisotopic (exact) mass is 341 g/mol. The zero-order chi connectivity index (χ0) is 17.7. The Morgan fingerprint density at radius 3 is 2.09 bits per heavy atom. The van der Waals surface area contributed by atoms with Gasteiger partial charge >= 0.3 is 7.12 Å². The Morgan fingerprint density at radius 1 is 1.09 bits per heavy atom. The summed E-state index contributed by atoms with van der Waals surface area (Å²) in [5.74, 6) is 0. The molecule has 1 aromatic heterocycles. The molecule has 1 aliphatic rings. The lowest BCUT2D eigenvalue weighted by atomic mass is 9.85. The van der Waals surface area contributed by atoms with Crippen LogP contribution in [-0.4, -0.2) is 42.2 Å².